The summed E-state index contributed by atoms with van der Waals surface area (Å²) in [6, 6.07) is 11.0. The topological polar surface area (TPSA) is 103 Å². The fraction of sp³-hybridized carbons (Fsp3) is 0.286. The molecule has 8 nitrogen and oxygen atoms in total. The third-order valence-corrected chi connectivity index (χ3v) is 6.57. The number of sulfone groups is 1. The highest BCUT2D eigenvalue weighted by atomic mass is 32.2. The lowest BCUT2D eigenvalue weighted by molar-refractivity contribution is 0.0763. The van der Waals surface area contributed by atoms with Crippen molar-refractivity contribution in [3.8, 4) is 5.88 Å². The van der Waals surface area contributed by atoms with E-state index >= 15 is 0 Å². The molecule has 0 radical (unpaired) electrons. The Morgan fingerprint density at radius 2 is 1.87 bits per heavy atom. The van der Waals surface area contributed by atoms with Crippen LogP contribution in [0.3, 0.4) is 0 Å². The summed E-state index contributed by atoms with van der Waals surface area (Å²) in [6.45, 7) is 0.440. The average Bonchev–Trinajstić information content (AvgIpc) is 3.20. The Morgan fingerprint density at radius 3 is 2.61 bits per heavy atom. The van der Waals surface area contributed by atoms with Crippen molar-refractivity contribution in [3.63, 3.8) is 0 Å². The van der Waals surface area contributed by atoms with Crippen molar-refractivity contribution in [2.75, 3.05) is 24.6 Å². The number of aromatic nitrogens is 2. The van der Waals surface area contributed by atoms with Crippen LogP contribution in [0.4, 0.5) is 4.39 Å². The molecule has 1 aromatic carbocycles. The molecule has 2 aromatic heterocycles. The Hall–Kier alpha value is -3.27. The number of carbonyl (C=O) groups is 1. The summed E-state index contributed by atoms with van der Waals surface area (Å²) < 4.78 is 47.0. The molecule has 10 heteroatoms. The minimum absolute atomic E-state index is 0.0424. The van der Waals surface area contributed by atoms with Gasteiger partial charge in [0, 0.05) is 25.6 Å². The van der Waals surface area contributed by atoms with Gasteiger partial charge < -0.3 is 14.2 Å². The molecule has 1 fully saturated rings. The highest BCUT2D eigenvalue weighted by molar-refractivity contribution is 7.91. The summed E-state index contributed by atoms with van der Waals surface area (Å²) in [5.41, 5.74) is 2.44. The fourth-order valence-corrected chi connectivity index (χ4v) is 4.38. The molecule has 0 aliphatic carbocycles. The molecular formula is C21H20FN3O5S. The zero-order valence-electron chi connectivity index (χ0n) is 16.5. The summed E-state index contributed by atoms with van der Waals surface area (Å²) in [7, 11) is -3.07. The SMILES string of the molecule is O=C(c1cccc(OCc2conc2Cc2ccc(F)cc2)n1)N1CCS(=O)(=O)CC1. The minimum Gasteiger partial charge on any atom is -0.473 e. The second kappa shape index (κ2) is 8.84. The maximum atomic E-state index is 13.1. The van der Waals surface area contributed by atoms with Crippen LogP contribution in [-0.2, 0) is 22.9 Å². The summed E-state index contributed by atoms with van der Waals surface area (Å²) in [6.07, 6.45) is 1.93. The molecule has 0 bridgehead atoms. The van der Waals surface area contributed by atoms with E-state index < -0.39 is 9.84 Å². The van der Waals surface area contributed by atoms with Gasteiger partial charge in [0.1, 0.15) is 24.4 Å². The van der Waals surface area contributed by atoms with E-state index in [1.165, 1.54) is 23.3 Å². The molecule has 0 saturated carbocycles. The quantitative estimate of drug-likeness (QED) is 0.573. The minimum atomic E-state index is -3.07. The molecule has 3 aromatic rings. The maximum absolute atomic E-state index is 13.1. The van der Waals surface area contributed by atoms with Crippen LogP contribution in [-0.4, -0.2) is 54.0 Å². The van der Waals surface area contributed by atoms with E-state index in [2.05, 4.69) is 10.1 Å². The summed E-state index contributed by atoms with van der Waals surface area (Å²) in [4.78, 5) is 18.4. The van der Waals surface area contributed by atoms with Gasteiger partial charge >= 0.3 is 0 Å². The zero-order valence-corrected chi connectivity index (χ0v) is 17.3. The van der Waals surface area contributed by atoms with E-state index in [1.54, 1.807) is 30.3 Å². The third kappa shape index (κ3) is 5.26. The smallest absolute Gasteiger partial charge is 0.272 e. The number of halogens is 1. The number of hydrogen-bond donors (Lipinski definition) is 0. The lowest BCUT2D eigenvalue weighted by Gasteiger charge is -2.26. The van der Waals surface area contributed by atoms with Crippen LogP contribution in [0, 0.1) is 5.82 Å². The zero-order chi connectivity index (χ0) is 21.8. The van der Waals surface area contributed by atoms with Crippen molar-refractivity contribution in [2.45, 2.75) is 13.0 Å². The van der Waals surface area contributed by atoms with Crippen LogP contribution < -0.4 is 4.74 Å². The molecule has 1 saturated heterocycles. The Balaban J connectivity index is 1.39. The fourth-order valence-electron chi connectivity index (χ4n) is 3.18. The summed E-state index contributed by atoms with van der Waals surface area (Å²) in [5.74, 6) is -0.468. The van der Waals surface area contributed by atoms with E-state index in [4.69, 9.17) is 9.26 Å². The molecular weight excluding hydrogens is 425 g/mol. The van der Waals surface area contributed by atoms with E-state index in [0.29, 0.717) is 17.7 Å². The molecule has 4 rings (SSSR count). The summed E-state index contributed by atoms with van der Waals surface area (Å²) in [5, 5.41) is 3.99. The Morgan fingerprint density at radius 1 is 1.13 bits per heavy atom. The first-order valence-electron chi connectivity index (χ1n) is 9.66. The number of nitrogens with zero attached hydrogens (tertiary/aromatic N) is 3. The molecule has 0 unspecified atom stereocenters. The Bertz CT molecular complexity index is 1160. The van der Waals surface area contributed by atoms with E-state index in [-0.39, 0.29) is 54.5 Å². The summed E-state index contributed by atoms with van der Waals surface area (Å²) >= 11 is 0. The highest BCUT2D eigenvalue weighted by Gasteiger charge is 2.26. The van der Waals surface area contributed by atoms with Crippen molar-refractivity contribution in [3.05, 3.63) is 77.1 Å². The molecule has 0 spiro atoms. The molecule has 162 valence electrons. The predicted molar refractivity (Wildman–Crippen MR) is 109 cm³/mol. The monoisotopic (exact) mass is 445 g/mol. The predicted octanol–water partition coefficient (Wildman–Crippen LogP) is 2.25. The molecule has 3 heterocycles. The van der Waals surface area contributed by atoms with Gasteiger partial charge in [0.15, 0.2) is 9.84 Å². The average molecular weight is 445 g/mol. The molecule has 1 aliphatic rings. The maximum Gasteiger partial charge on any atom is 0.272 e. The first-order valence-corrected chi connectivity index (χ1v) is 11.5. The normalized spacial score (nSPS) is 15.6. The molecule has 0 N–H and O–H groups in total. The van der Waals surface area contributed by atoms with Gasteiger partial charge in [-0.3, -0.25) is 4.79 Å². The van der Waals surface area contributed by atoms with Crippen molar-refractivity contribution in [1.29, 1.82) is 0 Å². The van der Waals surface area contributed by atoms with Crippen molar-refractivity contribution >= 4 is 15.7 Å². The van der Waals surface area contributed by atoms with Gasteiger partial charge in [-0.25, -0.2) is 17.8 Å². The van der Waals surface area contributed by atoms with E-state index in [9.17, 15) is 17.6 Å². The van der Waals surface area contributed by atoms with Gasteiger partial charge in [0.25, 0.3) is 5.91 Å². The number of pyridine rings is 1. The first kappa shape index (κ1) is 21.0. The van der Waals surface area contributed by atoms with Crippen LogP contribution in [0.1, 0.15) is 27.3 Å². The van der Waals surface area contributed by atoms with Crippen LogP contribution in [0.5, 0.6) is 5.88 Å². The number of hydrogen-bond acceptors (Lipinski definition) is 7. The van der Waals surface area contributed by atoms with Crippen molar-refractivity contribution in [1.82, 2.24) is 15.0 Å². The molecule has 1 amide bonds. The van der Waals surface area contributed by atoms with Crippen LogP contribution in [0.15, 0.2) is 53.3 Å². The third-order valence-electron chi connectivity index (χ3n) is 4.96. The molecule has 1 aliphatic heterocycles. The number of rotatable bonds is 6. The lowest BCUT2D eigenvalue weighted by atomic mass is 10.1. The van der Waals surface area contributed by atoms with Gasteiger partial charge in [-0.15, -0.1) is 0 Å². The van der Waals surface area contributed by atoms with Gasteiger partial charge in [-0.1, -0.05) is 23.4 Å². The highest BCUT2D eigenvalue weighted by Crippen LogP contribution is 2.17. The largest absolute Gasteiger partial charge is 0.473 e. The number of benzene rings is 1. The van der Waals surface area contributed by atoms with Crippen molar-refractivity contribution < 1.29 is 26.9 Å². The molecule has 31 heavy (non-hydrogen) atoms. The van der Waals surface area contributed by atoms with Gasteiger partial charge in [0.2, 0.25) is 5.88 Å². The van der Waals surface area contributed by atoms with Crippen LogP contribution >= 0.6 is 0 Å². The number of carbonyl (C=O) groups excluding carboxylic acids is 1. The standard InChI is InChI=1S/C21H20FN3O5S/c22-17-6-4-15(5-7-17)12-19-16(14-30-24-19)13-29-20-3-1-2-18(23-20)21(26)25-8-10-31(27,28)11-9-25/h1-7,14H,8-13H2. The van der Waals surface area contributed by atoms with Gasteiger partial charge in [0.05, 0.1) is 22.8 Å². The van der Waals surface area contributed by atoms with E-state index in [0.717, 1.165) is 5.56 Å². The first-order chi connectivity index (χ1) is 14.9. The van der Waals surface area contributed by atoms with Gasteiger partial charge in [-0.2, -0.15) is 0 Å². The van der Waals surface area contributed by atoms with Crippen LogP contribution in [0.2, 0.25) is 0 Å². The van der Waals surface area contributed by atoms with Gasteiger partial charge in [-0.05, 0) is 23.8 Å². The second-order valence-corrected chi connectivity index (χ2v) is 9.49. The Kier molecular flexibility index (Phi) is 5.99. The lowest BCUT2D eigenvalue weighted by Crippen LogP contribution is -2.44. The van der Waals surface area contributed by atoms with Crippen molar-refractivity contribution in [2.24, 2.45) is 0 Å². The number of ether oxygens (including phenoxy) is 1. The Labute approximate surface area is 178 Å². The molecule has 0 atom stereocenters. The van der Waals surface area contributed by atoms with Crippen LogP contribution in [0.25, 0.3) is 0 Å². The number of amides is 1. The second-order valence-electron chi connectivity index (χ2n) is 7.18. The van der Waals surface area contributed by atoms with E-state index in [1.807, 2.05) is 0 Å².